The molecule has 156 valence electrons. The maximum absolute atomic E-state index is 12.8. The van der Waals surface area contributed by atoms with Crippen LogP contribution < -0.4 is 5.76 Å². The van der Waals surface area contributed by atoms with Gasteiger partial charge in [-0.2, -0.15) is 0 Å². The Morgan fingerprint density at radius 2 is 1.50 bits per heavy atom. The zero-order valence-corrected chi connectivity index (χ0v) is 17.3. The lowest BCUT2D eigenvalue weighted by molar-refractivity contribution is 0.0662. The first-order chi connectivity index (χ1) is 14.5. The maximum atomic E-state index is 12.8. The van der Waals surface area contributed by atoms with Crippen molar-refractivity contribution in [3.05, 3.63) is 70.7 Å². The number of rotatable bonds is 3. The number of para-hydroxylation sites is 2. The largest absolute Gasteiger partial charge is 0.441 e. The first kappa shape index (κ1) is 19.0. The Morgan fingerprint density at radius 3 is 2.23 bits per heavy atom. The number of oxazole rings is 1. The Labute approximate surface area is 175 Å². The molecule has 1 aromatic heterocycles. The summed E-state index contributed by atoms with van der Waals surface area (Å²) in [6.07, 6.45) is 3.04. The molecular weight excluding hydrogens is 380 g/mol. The molecule has 1 atom stereocenters. The number of nitrogens with zero attached hydrogens (tertiary/aromatic N) is 2. The van der Waals surface area contributed by atoms with Crippen LogP contribution in [0.5, 0.6) is 0 Å². The summed E-state index contributed by atoms with van der Waals surface area (Å²) >= 11 is 0. The Kier molecular flexibility index (Phi) is 4.45. The van der Waals surface area contributed by atoms with Crippen molar-refractivity contribution in [3.8, 4) is 0 Å². The summed E-state index contributed by atoms with van der Waals surface area (Å²) < 4.78 is 13.0. The molecule has 0 unspecified atom stereocenters. The molecular formula is C24H26N2O4. The molecule has 0 radical (unpaired) electrons. The topological polar surface area (TPSA) is 64.7 Å². The molecule has 6 nitrogen and oxygen atoms in total. The number of cyclic esters (lactones) is 1. The molecule has 1 aliphatic heterocycles. The molecule has 2 aliphatic rings. The van der Waals surface area contributed by atoms with Crippen LogP contribution in [0.25, 0.3) is 11.1 Å². The van der Waals surface area contributed by atoms with Crippen molar-refractivity contribution in [1.82, 2.24) is 9.47 Å². The number of carbonyl (C=O) groups excluding carboxylic acids is 1. The number of hydrogen-bond donors (Lipinski definition) is 0. The first-order valence-electron chi connectivity index (χ1n) is 10.6. The summed E-state index contributed by atoms with van der Waals surface area (Å²) in [7, 11) is 0. The Bertz CT molecular complexity index is 1120. The van der Waals surface area contributed by atoms with Gasteiger partial charge in [-0.3, -0.25) is 9.47 Å². The SMILES string of the molecule is CC1(C)OC(=O)N([C@H]2CC[C@H](n3c(=O)oc4ccccc43)CC2)[C@H]1c1ccccc1. The standard InChI is InChI=1S/C24H26N2O4/c1-24(2)21(16-8-4-3-5-9-16)26(23(28)30-24)18-14-12-17(13-15-18)25-19-10-6-7-11-20(19)29-22(25)27/h3-11,17-18,21H,12-15H2,1-2H3/t17-,18-,21-/m0/s1. The van der Waals surface area contributed by atoms with Crippen LogP contribution in [0.15, 0.2) is 63.8 Å². The van der Waals surface area contributed by atoms with E-state index in [2.05, 4.69) is 12.1 Å². The van der Waals surface area contributed by atoms with Gasteiger partial charge in [-0.25, -0.2) is 9.59 Å². The van der Waals surface area contributed by atoms with E-state index in [1.807, 2.05) is 61.2 Å². The third-order valence-corrected chi connectivity index (χ3v) is 6.56. The van der Waals surface area contributed by atoms with Crippen LogP contribution in [-0.4, -0.2) is 27.2 Å². The minimum absolute atomic E-state index is 0.0826. The Hall–Kier alpha value is -3.02. The number of aromatic nitrogens is 1. The lowest BCUT2D eigenvalue weighted by atomic mass is 9.86. The quantitative estimate of drug-likeness (QED) is 0.610. The van der Waals surface area contributed by atoms with Gasteiger partial charge in [0.15, 0.2) is 5.58 Å². The molecule has 2 fully saturated rings. The van der Waals surface area contributed by atoms with Gasteiger partial charge >= 0.3 is 11.8 Å². The van der Waals surface area contributed by atoms with Gasteiger partial charge in [-0.05, 0) is 57.2 Å². The summed E-state index contributed by atoms with van der Waals surface area (Å²) in [6.45, 7) is 3.96. The fourth-order valence-electron chi connectivity index (χ4n) is 5.26. The zero-order valence-electron chi connectivity index (χ0n) is 17.3. The van der Waals surface area contributed by atoms with E-state index in [1.54, 1.807) is 4.57 Å². The average molecular weight is 406 g/mol. The predicted molar refractivity (Wildman–Crippen MR) is 113 cm³/mol. The summed E-state index contributed by atoms with van der Waals surface area (Å²) in [6, 6.07) is 17.7. The van der Waals surface area contributed by atoms with E-state index in [1.165, 1.54) is 0 Å². The van der Waals surface area contributed by atoms with Crippen LogP contribution in [0.2, 0.25) is 0 Å². The van der Waals surface area contributed by atoms with Crippen molar-refractivity contribution in [2.75, 3.05) is 0 Å². The van der Waals surface area contributed by atoms with Crippen molar-refractivity contribution in [2.45, 2.75) is 63.3 Å². The summed E-state index contributed by atoms with van der Waals surface area (Å²) in [5.41, 5.74) is 1.97. The molecule has 6 heteroatoms. The van der Waals surface area contributed by atoms with E-state index < -0.39 is 5.60 Å². The Balaban J connectivity index is 1.40. The molecule has 1 saturated heterocycles. The monoisotopic (exact) mass is 406 g/mol. The number of fused-ring (bicyclic) bond motifs is 1. The molecule has 3 aromatic rings. The van der Waals surface area contributed by atoms with Crippen molar-refractivity contribution in [1.29, 1.82) is 0 Å². The molecule has 2 heterocycles. The van der Waals surface area contributed by atoms with Crippen LogP contribution in [0.4, 0.5) is 4.79 Å². The normalized spacial score (nSPS) is 26.1. The van der Waals surface area contributed by atoms with Gasteiger partial charge < -0.3 is 9.15 Å². The predicted octanol–water partition coefficient (Wildman–Crippen LogP) is 5.05. The van der Waals surface area contributed by atoms with Crippen molar-refractivity contribution in [3.63, 3.8) is 0 Å². The highest BCUT2D eigenvalue weighted by molar-refractivity contribution is 5.73. The zero-order chi connectivity index (χ0) is 20.9. The van der Waals surface area contributed by atoms with Gasteiger partial charge in [0.1, 0.15) is 5.60 Å². The molecule has 1 saturated carbocycles. The smallest absolute Gasteiger partial charge is 0.420 e. The lowest BCUT2D eigenvalue weighted by Gasteiger charge is -2.38. The second kappa shape index (κ2) is 7.04. The van der Waals surface area contributed by atoms with Gasteiger partial charge in [0, 0.05) is 12.1 Å². The first-order valence-corrected chi connectivity index (χ1v) is 10.6. The van der Waals surface area contributed by atoms with Crippen LogP contribution >= 0.6 is 0 Å². The van der Waals surface area contributed by atoms with E-state index in [0.29, 0.717) is 5.58 Å². The number of carbonyl (C=O) groups is 1. The second-order valence-corrected chi connectivity index (χ2v) is 8.86. The summed E-state index contributed by atoms with van der Waals surface area (Å²) in [5, 5.41) is 0. The highest BCUT2D eigenvalue weighted by Gasteiger charge is 2.51. The van der Waals surface area contributed by atoms with Crippen LogP contribution in [0, 0.1) is 0 Å². The number of ether oxygens (including phenoxy) is 1. The molecule has 0 bridgehead atoms. The van der Waals surface area contributed by atoms with Gasteiger partial charge in [-0.15, -0.1) is 0 Å². The fraction of sp³-hybridized carbons (Fsp3) is 0.417. The summed E-state index contributed by atoms with van der Waals surface area (Å²) in [5.74, 6) is -0.302. The molecule has 1 amide bonds. The van der Waals surface area contributed by atoms with Crippen LogP contribution in [-0.2, 0) is 4.74 Å². The molecule has 0 N–H and O–H groups in total. The van der Waals surface area contributed by atoms with Crippen LogP contribution in [0.3, 0.4) is 0 Å². The van der Waals surface area contributed by atoms with Gasteiger partial charge in [0.2, 0.25) is 0 Å². The number of amides is 1. The van der Waals surface area contributed by atoms with E-state index in [4.69, 9.17) is 9.15 Å². The van der Waals surface area contributed by atoms with Crippen molar-refractivity contribution < 1.29 is 13.9 Å². The second-order valence-electron chi connectivity index (χ2n) is 8.86. The van der Waals surface area contributed by atoms with Crippen LogP contribution in [0.1, 0.15) is 57.2 Å². The molecule has 1 aliphatic carbocycles. The highest BCUT2D eigenvalue weighted by atomic mass is 16.6. The summed E-state index contributed by atoms with van der Waals surface area (Å²) in [4.78, 5) is 27.2. The molecule has 30 heavy (non-hydrogen) atoms. The fourth-order valence-corrected chi connectivity index (χ4v) is 5.26. The average Bonchev–Trinajstić information content (AvgIpc) is 3.20. The van der Waals surface area contributed by atoms with E-state index >= 15 is 0 Å². The maximum Gasteiger partial charge on any atom is 0.420 e. The minimum atomic E-state index is -0.590. The third kappa shape index (κ3) is 3.02. The van der Waals surface area contributed by atoms with Gasteiger partial charge in [-0.1, -0.05) is 42.5 Å². The molecule has 5 rings (SSSR count). The molecule has 0 spiro atoms. The van der Waals surface area contributed by atoms with Gasteiger partial charge in [0.25, 0.3) is 0 Å². The lowest BCUT2D eigenvalue weighted by Crippen LogP contribution is -2.43. The molecule has 2 aromatic carbocycles. The third-order valence-electron chi connectivity index (χ3n) is 6.56. The van der Waals surface area contributed by atoms with E-state index in [-0.39, 0.29) is 30.0 Å². The van der Waals surface area contributed by atoms with Crippen molar-refractivity contribution >= 4 is 17.2 Å². The van der Waals surface area contributed by atoms with E-state index in [9.17, 15) is 9.59 Å². The number of hydrogen-bond acceptors (Lipinski definition) is 4. The Morgan fingerprint density at radius 1 is 0.867 bits per heavy atom. The van der Waals surface area contributed by atoms with Gasteiger partial charge in [0.05, 0.1) is 11.6 Å². The highest BCUT2D eigenvalue weighted by Crippen LogP contribution is 2.45. The van der Waals surface area contributed by atoms with Crippen molar-refractivity contribution in [2.24, 2.45) is 0 Å². The van der Waals surface area contributed by atoms with E-state index in [0.717, 1.165) is 36.8 Å². The number of benzene rings is 2. The minimum Gasteiger partial charge on any atom is -0.441 e.